The lowest BCUT2D eigenvalue weighted by Crippen LogP contribution is -2.06. The topological polar surface area (TPSA) is 24.9 Å². The molecule has 3 aromatic rings. The molecule has 0 aliphatic carbocycles. The summed E-state index contributed by atoms with van der Waals surface area (Å²) in [6.07, 6.45) is 2.86. The summed E-state index contributed by atoms with van der Waals surface area (Å²) in [7, 11) is 1.98. The Labute approximate surface area is 125 Å². The van der Waals surface area contributed by atoms with E-state index in [4.69, 9.17) is 0 Å². The van der Waals surface area contributed by atoms with E-state index < -0.39 is 0 Å². The van der Waals surface area contributed by atoms with Crippen molar-refractivity contribution in [3.8, 4) is 0 Å². The fraction of sp³-hybridized carbons (Fsp3) is 0.211. The monoisotopic (exact) mass is 276 g/mol. The molecule has 0 aliphatic rings. The van der Waals surface area contributed by atoms with E-state index in [1.807, 2.05) is 19.3 Å². The first kappa shape index (κ1) is 13.8. The number of fused-ring (bicyclic) bond motifs is 1. The highest BCUT2D eigenvalue weighted by Gasteiger charge is 2.06. The van der Waals surface area contributed by atoms with Crippen LogP contribution in [0.2, 0.25) is 0 Å². The molecule has 0 unspecified atom stereocenters. The number of para-hydroxylation sites is 1. The van der Waals surface area contributed by atoms with Gasteiger partial charge in [-0.2, -0.15) is 0 Å². The van der Waals surface area contributed by atoms with E-state index in [0.29, 0.717) is 0 Å². The molecule has 0 radical (unpaired) electrons. The van der Waals surface area contributed by atoms with Crippen LogP contribution in [0.3, 0.4) is 0 Å². The summed E-state index contributed by atoms with van der Waals surface area (Å²) < 4.78 is 0. The maximum atomic E-state index is 4.44. The largest absolute Gasteiger partial charge is 0.316 e. The molecule has 0 atom stereocenters. The molecule has 2 heteroatoms. The third kappa shape index (κ3) is 2.96. The predicted molar refractivity (Wildman–Crippen MR) is 88.5 cm³/mol. The van der Waals surface area contributed by atoms with Gasteiger partial charge in [0.05, 0.1) is 5.52 Å². The minimum Gasteiger partial charge on any atom is -0.316 e. The van der Waals surface area contributed by atoms with Gasteiger partial charge in [0, 0.05) is 18.1 Å². The summed E-state index contributed by atoms with van der Waals surface area (Å²) in [5, 5.41) is 4.46. The Hall–Kier alpha value is -2.19. The summed E-state index contributed by atoms with van der Waals surface area (Å²) >= 11 is 0. The van der Waals surface area contributed by atoms with E-state index in [0.717, 1.165) is 18.5 Å². The second-order valence-electron chi connectivity index (χ2n) is 5.46. The van der Waals surface area contributed by atoms with Gasteiger partial charge in [-0.15, -0.1) is 0 Å². The number of rotatable bonds is 4. The van der Waals surface area contributed by atoms with Gasteiger partial charge >= 0.3 is 0 Å². The summed E-state index contributed by atoms with van der Waals surface area (Å²) in [6.45, 7) is 3.09. The van der Waals surface area contributed by atoms with Gasteiger partial charge in [0.1, 0.15) is 0 Å². The minimum absolute atomic E-state index is 0.907. The second-order valence-corrected chi connectivity index (χ2v) is 5.46. The van der Waals surface area contributed by atoms with Crippen molar-refractivity contribution in [3.63, 3.8) is 0 Å². The number of nitrogens with one attached hydrogen (secondary N) is 1. The number of benzene rings is 2. The molecule has 3 rings (SSSR count). The summed E-state index contributed by atoms with van der Waals surface area (Å²) in [5.74, 6) is 0. The number of hydrogen-bond acceptors (Lipinski definition) is 2. The Bertz CT molecular complexity index is 757. The van der Waals surface area contributed by atoms with Crippen molar-refractivity contribution in [1.29, 1.82) is 0 Å². The molecule has 0 saturated heterocycles. The fourth-order valence-electron chi connectivity index (χ4n) is 2.74. The molecule has 0 fully saturated rings. The normalized spacial score (nSPS) is 11.0. The molecule has 0 spiro atoms. The summed E-state index contributed by atoms with van der Waals surface area (Å²) in [6, 6.07) is 17.2. The van der Waals surface area contributed by atoms with Crippen molar-refractivity contribution in [2.45, 2.75) is 19.9 Å². The maximum Gasteiger partial charge on any atom is 0.0704 e. The van der Waals surface area contributed by atoms with Gasteiger partial charge in [-0.1, -0.05) is 36.4 Å². The van der Waals surface area contributed by atoms with E-state index in [9.17, 15) is 0 Å². The zero-order valence-corrected chi connectivity index (χ0v) is 12.6. The maximum absolute atomic E-state index is 4.44. The SMILES string of the molecule is CNCc1ccc(C)c(Cc2ccnc3ccccc23)c1. The van der Waals surface area contributed by atoms with Crippen LogP contribution in [-0.2, 0) is 13.0 Å². The third-order valence-corrected chi connectivity index (χ3v) is 3.91. The lowest BCUT2D eigenvalue weighted by Gasteiger charge is -2.11. The Morgan fingerprint density at radius 2 is 1.86 bits per heavy atom. The van der Waals surface area contributed by atoms with Crippen molar-refractivity contribution in [2.75, 3.05) is 7.05 Å². The summed E-state index contributed by atoms with van der Waals surface area (Å²) in [5.41, 5.74) is 6.47. The van der Waals surface area contributed by atoms with E-state index in [1.165, 1.54) is 27.6 Å². The molecule has 0 bridgehead atoms. The van der Waals surface area contributed by atoms with Gasteiger partial charge in [-0.25, -0.2) is 0 Å². The highest BCUT2D eigenvalue weighted by Crippen LogP contribution is 2.22. The average molecular weight is 276 g/mol. The molecule has 0 aliphatic heterocycles. The van der Waals surface area contributed by atoms with Crippen molar-refractivity contribution >= 4 is 10.9 Å². The first-order valence-corrected chi connectivity index (χ1v) is 7.33. The molecule has 1 N–H and O–H groups in total. The van der Waals surface area contributed by atoms with Gasteiger partial charge in [0.2, 0.25) is 0 Å². The van der Waals surface area contributed by atoms with Crippen LogP contribution in [0.25, 0.3) is 10.9 Å². The van der Waals surface area contributed by atoms with Crippen molar-refractivity contribution < 1.29 is 0 Å². The van der Waals surface area contributed by atoms with Crippen LogP contribution < -0.4 is 5.32 Å². The van der Waals surface area contributed by atoms with Crippen LogP contribution in [0, 0.1) is 6.92 Å². The Balaban J connectivity index is 2.00. The Morgan fingerprint density at radius 1 is 1.00 bits per heavy atom. The van der Waals surface area contributed by atoms with Crippen LogP contribution in [0.4, 0.5) is 0 Å². The van der Waals surface area contributed by atoms with Crippen molar-refractivity contribution in [3.05, 3.63) is 77.0 Å². The molecular formula is C19H20N2. The zero-order valence-electron chi connectivity index (χ0n) is 12.6. The van der Waals surface area contributed by atoms with Crippen LogP contribution >= 0.6 is 0 Å². The van der Waals surface area contributed by atoms with Gasteiger partial charge in [0.15, 0.2) is 0 Å². The Morgan fingerprint density at radius 3 is 2.71 bits per heavy atom. The molecule has 1 heterocycles. The van der Waals surface area contributed by atoms with Gasteiger partial charge < -0.3 is 5.32 Å². The zero-order chi connectivity index (χ0) is 14.7. The average Bonchev–Trinajstić information content (AvgIpc) is 2.51. The second kappa shape index (κ2) is 6.06. The molecule has 2 nitrogen and oxygen atoms in total. The molecule has 1 aromatic heterocycles. The smallest absolute Gasteiger partial charge is 0.0704 e. The van der Waals surface area contributed by atoms with E-state index in [2.05, 4.69) is 59.7 Å². The number of pyridine rings is 1. The molecule has 21 heavy (non-hydrogen) atoms. The fourth-order valence-corrected chi connectivity index (χ4v) is 2.74. The number of aromatic nitrogens is 1. The lowest BCUT2D eigenvalue weighted by atomic mass is 9.96. The number of hydrogen-bond donors (Lipinski definition) is 1. The van der Waals surface area contributed by atoms with Crippen LogP contribution in [-0.4, -0.2) is 12.0 Å². The van der Waals surface area contributed by atoms with Gasteiger partial charge in [-0.05, 0) is 54.8 Å². The lowest BCUT2D eigenvalue weighted by molar-refractivity contribution is 0.815. The third-order valence-electron chi connectivity index (χ3n) is 3.91. The molecule has 0 amide bonds. The molecular weight excluding hydrogens is 256 g/mol. The van der Waals surface area contributed by atoms with Gasteiger partial charge in [0.25, 0.3) is 0 Å². The first-order chi connectivity index (χ1) is 10.3. The van der Waals surface area contributed by atoms with Crippen LogP contribution in [0.5, 0.6) is 0 Å². The number of aryl methyl sites for hydroxylation is 1. The highest BCUT2D eigenvalue weighted by atomic mass is 14.8. The van der Waals surface area contributed by atoms with Gasteiger partial charge in [-0.3, -0.25) is 4.98 Å². The molecule has 0 saturated carbocycles. The standard InChI is InChI=1S/C19H20N2/c1-14-7-8-15(13-20-2)11-17(14)12-16-9-10-21-19-6-4-3-5-18(16)19/h3-11,20H,12-13H2,1-2H3. The molecule has 106 valence electrons. The van der Waals surface area contributed by atoms with Crippen LogP contribution in [0.1, 0.15) is 22.3 Å². The van der Waals surface area contributed by atoms with Crippen LogP contribution in [0.15, 0.2) is 54.7 Å². The minimum atomic E-state index is 0.907. The highest BCUT2D eigenvalue weighted by molar-refractivity contribution is 5.82. The van der Waals surface area contributed by atoms with Crippen molar-refractivity contribution in [2.24, 2.45) is 0 Å². The quantitative estimate of drug-likeness (QED) is 0.783. The molecule has 2 aromatic carbocycles. The van der Waals surface area contributed by atoms with Crippen molar-refractivity contribution in [1.82, 2.24) is 10.3 Å². The van der Waals surface area contributed by atoms with E-state index >= 15 is 0 Å². The Kier molecular flexibility index (Phi) is 3.98. The number of nitrogens with zero attached hydrogens (tertiary/aromatic N) is 1. The van der Waals surface area contributed by atoms with E-state index in [-0.39, 0.29) is 0 Å². The first-order valence-electron chi connectivity index (χ1n) is 7.33. The predicted octanol–water partition coefficient (Wildman–Crippen LogP) is 3.85. The van der Waals surface area contributed by atoms with E-state index in [1.54, 1.807) is 0 Å². The summed E-state index contributed by atoms with van der Waals surface area (Å²) in [4.78, 5) is 4.44.